The van der Waals surface area contributed by atoms with Crippen molar-refractivity contribution in [2.45, 2.75) is 13.0 Å². The normalized spacial score (nSPS) is 13.7. The molecule has 0 radical (unpaired) electrons. The van der Waals surface area contributed by atoms with Gasteiger partial charge in [-0.25, -0.2) is 4.79 Å². The highest BCUT2D eigenvalue weighted by Gasteiger charge is 2.19. The van der Waals surface area contributed by atoms with Gasteiger partial charge in [-0.3, -0.25) is 4.79 Å². The number of esters is 1. The van der Waals surface area contributed by atoms with Gasteiger partial charge < -0.3 is 14.8 Å². The summed E-state index contributed by atoms with van der Waals surface area (Å²) in [5.74, 6) is -0.231. The molecule has 2 aromatic carbocycles. The number of halogens is 1. The van der Waals surface area contributed by atoms with Crippen molar-refractivity contribution in [3.63, 3.8) is 0 Å². The molecule has 1 N–H and O–H groups in total. The number of ether oxygens (including phenoxy) is 2. The van der Waals surface area contributed by atoms with Crippen LogP contribution in [0.1, 0.15) is 24.1 Å². The minimum atomic E-state index is -0.565. The molecule has 1 heterocycles. The molecule has 0 fully saturated rings. The highest BCUT2D eigenvalue weighted by molar-refractivity contribution is 6.30. The molecule has 0 spiro atoms. The second kappa shape index (κ2) is 8.06. The zero-order valence-corrected chi connectivity index (χ0v) is 15.0. The smallest absolute Gasteiger partial charge is 0.338 e. The van der Waals surface area contributed by atoms with E-state index in [1.807, 2.05) is 43.3 Å². The molecule has 1 aliphatic heterocycles. The summed E-state index contributed by atoms with van der Waals surface area (Å²) < 4.78 is 10.6. The van der Waals surface area contributed by atoms with Gasteiger partial charge in [-0.15, -0.1) is 0 Å². The van der Waals surface area contributed by atoms with Crippen molar-refractivity contribution < 1.29 is 19.1 Å². The van der Waals surface area contributed by atoms with E-state index in [-0.39, 0.29) is 25.2 Å². The fourth-order valence-electron chi connectivity index (χ4n) is 2.60. The summed E-state index contributed by atoms with van der Waals surface area (Å²) in [6.07, 6.45) is 1.72. The Morgan fingerprint density at radius 1 is 1.23 bits per heavy atom. The third-order valence-corrected chi connectivity index (χ3v) is 4.19. The second-order valence-electron chi connectivity index (χ2n) is 5.92. The number of carbonyl (C=O) groups excluding carboxylic acids is 2. The van der Waals surface area contributed by atoms with Crippen molar-refractivity contribution in [2.24, 2.45) is 0 Å². The van der Waals surface area contributed by atoms with Crippen LogP contribution in [0.4, 0.5) is 0 Å². The number of rotatable bonds is 5. The molecule has 0 bridgehead atoms. The third-order valence-electron chi connectivity index (χ3n) is 3.95. The maximum absolute atomic E-state index is 12.1. The quantitative estimate of drug-likeness (QED) is 0.816. The lowest BCUT2D eigenvalue weighted by Gasteiger charge is -2.17. The van der Waals surface area contributed by atoms with Crippen LogP contribution in [-0.2, 0) is 14.3 Å². The van der Waals surface area contributed by atoms with Crippen molar-refractivity contribution in [2.75, 3.05) is 13.2 Å². The maximum Gasteiger partial charge on any atom is 0.338 e. The van der Waals surface area contributed by atoms with Crippen molar-refractivity contribution in [1.82, 2.24) is 5.32 Å². The Bertz CT molecular complexity index is 862. The molecule has 0 saturated carbocycles. The summed E-state index contributed by atoms with van der Waals surface area (Å²) in [4.78, 5) is 24.2. The van der Waals surface area contributed by atoms with Gasteiger partial charge in [0, 0.05) is 10.6 Å². The number of amides is 1. The van der Waals surface area contributed by atoms with E-state index in [0.717, 1.165) is 16.9 Å². The van der Waals surface area contributed by atoms with E-state index < -0.39 is 5.97 Å². The zero-order valence-electron chi connectivity index (χ0n) is 14.2. The monoisotopic (exact) mass is 371 g/mol. The molecule has 5 nitrogen and oxygen atoms in total. The molecule has 26 heavy (non-hydrogen) atoms. The van der Waals surface area contributed by atoms with Crippen LogP contribution in [0.15, 0.2) is 54.1 Å². The SMILES string of the molecule is C[C@H](NC(=O)COC(=O)C1=Cc2ccccc2OC1)c1cccc(Cl)c1. The highest BCUT2D eigenvalue weighted by Crippen LogP contribution is 2.26. The van der Waals surface area contributed by atoms with Crippen LogP contribution in [-0.4, -0.2) is 25.1 Å². The van der Waals surface area contributed by atoms with E-state index in [4.69, 9.17) is 21.1 Å². The molecule has 0 unspecified atom stereocenters. The first-order valence-electron chi connectivity index (χ1n) is 8.17. The van der Waals surface area contributed by atoms with Gasteiger partial charge >= 0.3 is 5.97 Å². The van der Waals surface area contributed by atoms with Crippen LogP contribution in [0.5, 0.6) is 5.75 Å². The average Bonchev–Trinajstić information content (AvgIpc) is 2.65. The van der Waals surface area contributed by atoms with Crippen molar-refractivity contribution >= 4 is 29.6 Å². The summed E-state index contributed by atoms with van der Waals surface area (Å²) >= 11 is 5.95. The molecule has 0 aromatic heterocycles. The molecule has 0 saturated heterocycles. The summed E-state index contributed by atoms with van der Waals surface area (Å²) in [6.45, 7) is 1.60. The van der Waals surface area contributed by atoms with Gasteiger partial charge in [-0.05, 0) is 36.8 Å². The number of carbonyl (C=O) groups is 2. The van der Waals surface area contributed by atoms with Crippen molar-refractivity contribution in [1.29, 1.82) is 0 Å². The van der Waals surface area contributed by atoms with E-state index in [1.165, 1.54) is 0 Å². The Balaban J connectivity index is 1.53. The Morgan fingerprint density at radius 3 is 2.85 bits per heavy atom. The standard InChI is InChI=1S/C20H18ClNO4/c1-13(14-6-4-7-17(21)10-14)22-19(23)12-26-20(24)16-9-15-5-2-3-8-18(15)25-11-16/h2-10,13H,11-12H2,1H3,(H,22,23)/t13-/m0/s1. The highest BCUT2D eigenvalue weighted by atomic mass is 35.5. The summed E-state index contributed by atoms with van der Waals surface area (Å²) in [7, 11) is 0. The van der Waals surface area contributed by atoms with Crippen LogP contribution in [0.25, 0.3) is 6.08 Å². The zero-order chi connectivity index (χ0) is 18.5. The molecule has 6 heteroatoms. The second-order valence-corrected chi connectivity index (χ2v) is 6.35. The van der Waals surface area contributed by atoms with E-state index in [0.29, 0.717) is 10.6 Å². The van der Waals surface area contributed by atoms with Crippen LogP contribution in [0, 0.1) is 0 Å². The lowest BCUT2D eigenvalue weighted by Crippen LogP contribution is -2.31. The van der Waals surface area contributed by atoms with Gasteiger partial charge in [-0.2, -0.15) is 0 Å². The first-order chi connectivity index (χ1) is 12.5. The fourth-order valence-corrected chi connectivity index (χ4v) is 2.80. The fraction of sp³-hybridized carbons (Fsp3) is 0.200. The Hall–Kier alpha value is -2.79. The van der Waals surface area contributed by atoms with Crippen LogP contribution >= 0.6 is 11.6 Å². The lowest BCUT2D eigenvalue weighted by molar-refractivity contribution is -0.145. The summed E-state index contributed by atoms with van der Waals surface area (Å²) in [5.41, 5.74) is 2.06. The van der Waals surface area contributed by atoms with Gasteiger partial charge in [0.05, 0.1) is 11.6 Å². The minimum absolute atomic E-state index is 0.121. The average molecular weight is 372 g/mol. The predicted octanol–water partition coefficient (Wildman–Crippen LogP) is 3.54. The maximum atomic E-state index is 12.1. The molecule has 0 aliphatic carbocycles. The summed E-state index contributed by atoms with van der Waals surface area (Å²) in [5, 5.41) is 3.37. The van der Waals surface area contributed by atoms with E-state index in [2.05, 4.69) is 5.32 Å². The lowest BCUT2D eigenvalue weighted by atomic mass is 10.1. The molecule has 1 amide bonds. The number of hydrogen-bond donors (Lipinski definition) is 1. The van der Waals surface area contributed by atoms with Crippen molar-refractivity contribution in [3.8, 4) is 5.75 Å². The Kier molecular flexibility index (Phi) is 5.58. The predicted molar refractivity (Wildman–Crippen MR) is 98.9 cm³/mol. The first kappa shape index (κ1) is 18.0. The number of fused-ring (bicyclic) bond motifs is 1. The molecular weight excluding hydrogens is 354 g/mol. The molecule has 2 aromatic rings. The number of benzene rings is 2. The van der Waals surface area contributed by atoms with Gasteiger partial charge in [0.2, 0.25) is 0 Å². The topological polar surface area (TPSA) is 64.6 Å². The van der Waals surface area contributed by atoms with Gasteiger partial charge in [0.1, 0.15) is 12.4 Å². The Labute approximate surface area is 156 Å². The van der Waals surface area contributed by atoms with Crippen LogP contribution in [0.3, 0.4) is 0 Å². The molecule has 1 atom stereocenters. The van der Waals surface area contributed by atoms with Crippen molar-refractivity contribution in [3.05, 3.63) is 70.3 Å². The third kappa shape index (κ3) is 4.43. The Morgan fingerprint density at radius 2 is 2.04 bits per heavy atom. The van der Waals surface area contributed by atoms with Gasteiger partial charge in [0.25, 0.3) is 5.91 Å². The van der Waals surface area contributed by atoms with Gasteiger partial charge in [-0.1, -0.05) is 41.9 Å². The number of nitrogens with one attached hydrogen (secondary N) is 1. The van der Waals surface area contributed by atoms with Crippen LogP contribution in [0.2, 0.25) is 5.02 Å². The van der Waals surface area contributed by atoms with Gasteiger partial charge in [0.15, 0.2) is 6.61 Å². The van der Waals surface area contributed by atoms with Crippen LogP contribution < -0.4 is 10.1 Å². The molecule has 134 valence electrons. The van der Waals surface area contributed by atoms with E-state index >= 15 is 0 Å². The molecule has 1 aliphatic rings. The number of para-hydroxylation sites is 1. The molecular formula is C20H18ClNO4. The minimum Gasteiger partial charge on any atom is -0.488 e. The van der Waals surface area contributed by atoms with E-state index in [1.54, 1.807) is 18.2 Å². The molecule has 3 rings (SSSR count). The largest absolute Gasteiger partial charge is 0.488 e. The number of hydrogen-bond acceptors (Lipinski definition) is 4. The van der Waals surface area contributed by atoms with E-state index in [9.17, 15) is 9.59 Å². The first-order valence-corrected chi connectivity index (χ1v) is 8.55. The summed E-state index contributed by atoms with van der Waals surface area (Å²) in [6, 6.07) is 14.4.